The Morgan fingerprint density at radius 3 is 2.55 bits per heavy atom. The smallest absolute Gasteiger partial charge is 0.253 e. The lowest BCUT2D eigenvalue weighted by Crippen LogP contribution is -2.37. The quantitative estimate of drug-likeness (QED) is 0.672. The van der Waals surface area contributed by atoms with Crippen molar-refractivity contribution >= 4 is 10.9 Å². The van der Waals surface area contributed by atoms with Crippen LogP contribution in [0.25, 0.3) is 10.9 Å². The van der Waals surface area contributed by atoms with Crippen molar-refractivity contribution in [2.75, 3.05) is 26.3 Å². The molecule has 1 aromatic carbocycles. The molecule has 9 nitrogen and oxygen atoms in total. The first kappa shape index (κ1) is 20.0. The molecular weight excluding hydrogens is 396 g/mol. The third-order valence-electron chi connectivity index (χ3n) is 6.51. The van der Waals surface area contributed by atoms with Crippen LogP contribution in [0.1, 0.15) is 57.5 Å². The van der Waals surface area contributed by atoms with Crippen molar-refractivity contribution in [3.05, 3.63) is 39.9 Å². The zero-order valence-electron chi connectivity index (χ0n) is 18.2. The molecule has 4 heterocycles. The Balaban J connectivity index is 1.68. The van der Waals surface area contributed by atoms with E-state index in [-0.39, 0.29) is 17.1 Å². The molecular formula is C22H28N6O3. The van der Waals surface area contributed by atoms with E-state index < -0.39 is 0 Å². The van der Waals surface area contributed by atoms with Gasteiger partial charge in [0.15, 0.2) is 17.3 Å². The second kappa shape index (κ2) is 7.64. The first-order valence-corrected chi connectivity index (χ1v) is 11.0. The van der Waals surface area contributed by atoms with Crippen LogP contribution < -0.4 is 15.0 Å². The number of hydrogen-bond donors (Lipinski definition) is 1. The van der Waals surface area contributed by atoms with E-state index in [2.05, 4.69) is 46.2 Å². The second-order valence-electron chi connectivity index (χ2n) is 8.90. The van der Waals surface area contributed by atoms with Crippen LogP contribution in [0.15, 0.2) is 23.0 Å². The number of nitrogens with zero attached hydrogens (tertiary/aromatic N) is 5. The molecule has 0 saturated carbocycles. The van der Waals surface area contributed by atoms with E-state index in [0.29, 0.717) is 36.1 Å². The zero-order chi connectivity index (χ0) is 21.6. The third-order valence-corrected chi connectivity index (χ3v) is 6.51. The van der Waals surface area contributed by atoms with Gasteiger partial charge < -0.3 is 14.5 Å². The Labute approximate surface area is 180 Å². The minimum Gasteiger partial charge on any atom is -0.486 e. The van der Waals surface area contributed by atoms with Crippen LogP contribution in [0.2, 0.25) is 0 Å². The number of aromatic nitrogens is 5. The molecule has 0 spiro atoms. The van der Waals surface area contributed by atoms with Crippen LogP contribution in [-0.2, 0) is 5.54 Å². The highest BCUT2D eigenvalue weighted by Crippen LogP contribution is 2.36. The van der Waals surface area contributed by atoms with Gasteiger partial charge in [0.25, 0.3) is 5.56 Å². The lowest BCUT2D eigenvalue weighted by molar-refractivity contribution is 0.172. The molecule has 0 bridgehead atoms. The number of hydrogen-bond acceptors (Lipinski definition) is 7. The predicted octanol–water partition coefficient (Wildman–Crippen LogP) is 2.62. The maximum absolute atomic E-state index is 13.3. The fourth-order valence-electron chi connectivity index (χ4n) is 4.41. The Morgan fingerprint density at radius 1 is 1.13 bits per heavy atom. The fourth-order valence-corrected chi connectivity index (χ4v) is 4.41. The molecule has 1 N–H and O–H groups in total. The number of tetrazole rings is 1. The topological polar surface area (TPSA) is 98.2 Å². The van der Waals surface area contributed by atoms with Gasteiger partial charge >= 0.3 is 0 Å². The maximum Gasteiger partial charge on any atom is 0.253 e. The van der Waals surface area contributed by atoms with E-state index in [1.807, 2.05) is 22.9 Å². The van der Waals surface area contributed by atoms with Gasteiger partial charge in [0.05, 0.1) is 11.1 Å². The number of aromatic amines is 1. The average Bonchev–Trinajstić information content (AvgIpc) is 3.46. The van der Waals surface area contributed by atoms with Crippen molar-refractivity contribution in [2.45, 2.75) is 51.6 Å². The Hall–Kier alpha value is -2.94. The molecule has 0 aliphatic carbocycles. The molecule has 1 atom stereocenters. The minimum absolute atomic E-state index is 0.134. The highest BCUT2D eigenvalue weighted by molar-refractivity contribution is 5.83. The number of benzene rings is 1. The minimum atomic E-state index is -0.315. The second-order valence-corrected chi connectivity index (χ2v) is 8.90. The SMILES string of the molecule is CCC(C)(C)n1nnnc1C(c1cc2cc3c(cc2[nH]c1=O)OCCO3)N1CCCC1. The largest absolute Gasteiger partial charge is 0.486 e. The monoisotopic (exact) mass is 424 g/mol. The predicted molar refractivity (Wildman–Crippen MR) is 116 cm³/mol. The number of likely N-dealkylation sites (tertiary alicyclic amines) is 1. The summed E-state index contributed by atoms with van der Waals surface area (Å²) in [6, 6.07) is 5.41. The summed E-state index contributed by atoms with van der Waals surface area (Å²) in [6.07, 6.45) is 3.06. The molecule has 1 unspecified atom stereocenters. The first-order chi connectivity index (χ1) is 15.0. The van der Waals surface area contributed by atoms with Crippen LogP contribution >= 0.6 is 0 Å². The summed E-state index contributed by atoms with van der Waals surface area (Å²) in [6.45, 7) is 9.18. The maximum atomic E-state index is 13.3. The molecule has 31 heavy (non-hydrogen) atoms. The highest BCUT2D eigenvalue weighted by Gasteiger charge is 2.35. The molecule has 1 fully saturated rings. The van der Waals surface area contributed by atoms with Crippen LogP contribution in [-0.4, -0.2) is 56.4 Å². The summed E-state index contributed by atoms with van der Waals surface area (Å²) in [5, 5.41) is 13.6. The third kappa shape index (κ3) is 3.46. The van der Waals surface area contributed by atoms with Crippen molar-refractivity contribution in [3.63, 3.8) is 0 Å². The number of rotatable bonds is 5. The summed E-state index contributed by atoms with van der Waals surface area (Å²) in [5.74, 6) is 2.06. The zero-order valence-corrected chi connectivity index (χ0v) is 18.2. The van der Waals surface area contributed by atoms with E-state index in [0.717, 1.165) is 43.3 Å². The summed E-state index contributed by atoms with van der Waals surface area (Å²) >= 11 is 0. The Morgan fingerprint density at radius 2 is 1.84 bits per heavy atom. The van der Waals surface area contributed by atoms with E-state index >= 15 is 0 Å². The number of pyridine rings is 1. The lowest BCUT2D eigenvalue weighted by atomic mass is 9.99. The molecule has 2 aliphatic heterocycles. The van der Waals surface area contributed by atoms with Crippen LogP contribution in [0.5, 0.6) is 11.5 Å². The fraction of sp³-hybridized carbons (Fsp3) is 0.545. The van der Waals surface area contributed by atoms with E-state index in [9.17, 15) is 4.79 Å². The van der Waals surface area contributed by atoms with Crippen LogP contribution in [0.4, 0.5) is 0 Å². The Bertz CT molecular complexity index is 1160. The summed E-state index contributed by atoms with van der Waals surface area (Å²) in [4.78, 5) is 18.7. The van der Waals surface area contributed by atoms with Crippen LogP contribution in [0, 0.1) is 0 Å². The molecule has 2 aromatic heterocycles. The van der Waals surface area contributed by atoms with Gasteiger partial charge in [-0.25, -0.2) is 4.68 Å². The normalized spacial score (nSPS) is 17.9. The summed E-state index contributed by atoms with van der Waals surface area (Å²) in [5.41, 5.74) is 0.982. The van der Waals surface area contributed by atoms with Crippen molar-refractivity contribution in [1.82, 2.24) is 30.1 Å². The van der Waals surface area contributed by atoms with Gasteiger partial charge in [-0.05, 0) is 68.8 Å². The number of ether oxygens (including phenoxy) is 2. The Kier molecular flexibility index (Phi) is 4.92. The van der Waals surface area contributed by atoms with E-state index in [1.54, 1.807) is 0 Å². The molecule has 0 radical (unpaired) electrons. The number of nitrogens with one attached hydrogen (secondary N) is 1. The van der Waals surface area contributed by atoms with Gasteiger partial charge in [0.1, 0.15) is 19.3 Å². The van der Waals surface area contributed by atoms with Gasteiger partial charge in [-0.2, -0.15) is 0 Å². The van der Waals surface area contributed by atoms with Crippen molar-refractivity contribution in [2.24, 2.45) is 0 Å². The van der Waals surface area contributed by atoms with Crippen molar-refractivity contribution < 1.29 is 9.47 Å². The van der Waals surface area contributed by atoms with Crippen molar-refractivity contribution in [3.8, 4) is 11.5 Å². The van der Waals surface area contributed by atoms with Gasteiger partial charge in [-0.15, -0.1) is 5.10 Å². The summed E-state index contributed by atoms with van der Waals surface area (Å²) in [7, 11) is 0. The van der Waals surface area contributed by atoms with Gasteiger partial charge in [-0.1, -0.05) is 6.92 Å². The first-order valence-electron chi connectivity index (χ1n) is 11.0. The standard InChI is InChI=1S/C22H28N6O3/c1-4-22(2,3)28-20(24-25-26-28)19(27-7-5-6-8-27)15-11-14-12-17-18(31-10-9-30-17)13-16(14)23-21(15)29/h11-13,19H,4-10H2,1-3H3,(H,23,29). The number of H-pyrrole nitrogens is 1. The molecule has 164 valence electrons. The van der Waals surface area contributed by atoms with Crippen molar-refractivity contribution in [1.29, 1.82) is 0 Å². The summed E-state index contributed by atoms with van der Waals surface area (Å²) < 4.78 is 13.3. The van der Waals surface area contributed by atoms with E-state index in [1.165, 1.54) is 0 Å². The molecule has 0 amide bonds. The number of fused-ring (bicyclic) bond motifs is 2. The average molecular weight is 425 g/mol. The molecule has 2 aliphatic rings. The molecule has 5 rings (SSSR count). The van der Waals surface area contributed by atoms with Gasteiger partial charge in [0.2, 0.25) is 0 Å². The van der Waals surface area contributed by atoms with Gasteiger partial charge in [0, 0.05) is 17.0 Å². The van der Waals surface area contributed by atoms with E-state index in [4.69, 9.17) is 9.47 Å². The lowest BCUT2D eigenvalue weighted by Gasteiger charge is -2.31. The van der Waals surface area contributed by atoms with Crippen LogP contribution in [0.3, 0.4) is 0 Å². The molecule has 3 aromatic rings. The van der Waals surface area contributed by atoms with Gasteiger partial charge in [-0.3, -0.25) is 9.69 Å². The highest BCUT2D eigenvalue weighted by atomic mass is 16.6. The molecule has 1 saturated heterocycles. The molecule has 9 heteroatoms.